The molecule has 1 aromatic carbocycles. The van der Waals surface area contributed by atoms with Crippen LogP contribution in [0.25, 0.3) is 0 Å². The average molecular weight is 294 g/mol. The average Bonchev–Trinajstić information content (AvgIpc) is 2.40. The molecule has 0 bridgehead atoms. The highest BCUT2D eigenvalue weighted by Crippen LogP contribution is 2.15. The van der Waals surface area contributed by atoms with Gasteiger partial charge in [-0.2, -0.15) is 0 Å². The molecule has 0 spiro atoms. The fraction of sp³-hybridized carbons (Fsp3) is 0.500. The Morgan fingerprint density at radius 2 is 1.58 bits per heavy atom. The number of rotatable bonds is 8. The summed E-state index contributed by atoms with van der Waals surface area (Å²) in [5.74, 6) is -3.74. The van der Waals surface area contributed by atoms with Crippen molar-refractivity contribution in [2.75, 3.05) is 20.8 Å². The van der Waals surface area contributed by atoms with Gasteiger partial charge in [-0.05, 0) is 37.0 Å². The van der Waals surface area contributed by atoms with Gasteiger partial charge in [0.05, 0.1) is 0 Å². The van der Waals surface area contributed by atoms with Crippen LogP contribution in [0.15, 0.2) is 12.1 Å². The number of hydrogen-bond acceptors (Lipinski definition) is 3. The first-order chi connectivity index (χ1) is 9.08. The molecular formula is C12H17F3O3Si. The summed E-state index contributed by atoms with van der Waals surface area (Å²) < 4.78 is 53.9. The van der Waals surface area contributed by atoms with Gasteiger partial charge < -0.3 is 13.3 Å². The summed E-state index contributed by atoms with van der Waals surface area (Å²) in [6.07, 6.45) is 1.85. The van der Waals surface area contributed by atoms with E-state index in [0.717, 1.165) is 12.1 Å². The Labute approximate surface area is 112 Å². The second-order valence-corrected chi connectivity index (χ2v) is 5.81. The molecule has 0 radical (unpaired) electrons. The van der Waals surface area contributed by atoms with Gasteiger partial charge in [0.2, 0.25) is 0 Å². The summed E-state index contributed by atoms with van der Waals surface area (Å²) in [5.41, 5.74) is 0.434. The van der Waals surface area contributed by atoms with E-state index in [0.29, 0.717) is 31.4 Å². The molecule has 1 rings (SSSR count). The molecule has 1 aromatic rings. The van der Waals surface area contributed by atoms with E-state index in [1.54, 1.807) is 0 Å². The first-order valence-electron chi connectivity index (χ1n) is 5.89. The Bertz CT molecular complexity index is 377. The van der Waals surface area contributed by atoms with Crippen LogP contribution in [-0.4, -0.2) is 30.4 Å². The van der Waals surface area contributed by atoms with Crippen molar-refractivity contribution in [2.45, 2.75) is 19.3 Å². The summed E-state index contributed by atoms with van der Waals surface area (Å²) in [4.78, 5) is 0. The van der Waals surface area contributed by atoms with Gasteiger partial charge >= 0.3 is 9.53 Å². The zero-order valence-corrected chi connectivity index (χ0v) is 12.1. The fourth-order valence-corrected chi connectivity index (χ4v) is 2.42. The molecule has 0 saturated heterocycles. The van der Waals surface area contributed by atoms with Crippen molar-refractivity contribution in [3.05, 3.63) is 35.1 Å². The third-order valence-electron chi connectivity index (χ3n) is 2.54. The Morgan fingerprint density at radius 3 is 2.11 bits per heavy atom. The largest absolute Gasteiger partial charge is 0.483 e. The Balaban J connectivity index is 2.30. The van der Waals surface area contributed by atoms with E-state index in [1.807, 2.05) is 0 Å². The monoisotopic (exact) mass is 294 g/mol. The van der Waals surface area contributed by atoms with Crippen molar-refractivity contribution < 1.29 is 26.4 Å². The first kappa shape index (κ1) is 16.2. The molecule has 19 heavy (non-hydrogen) atoms. The minimum Gasteiger partial charge on any atom is -0.379 e. The lowest BCUT2D eigenvalue weighted by atomic mass is 10.1. The van der Waals surface area contributed by atoms with Gasteiger partial charge in [-0.25, -0.2) is 13.2 Å². The molecule has 0 atom stereocenters. The molecule has 0 aliphatic rings. The van der Waals surface area contributed by atoms with E-state index in [-0.39, 0.29) is 0 Å². The molecule has 0 aromatic heterocycles. The zero-order chi connectivity index (χ0) is 14.3. The molecule has 0 saturated carbocycles. The van der Waals surface area contributed by atoms with E-state index in [1.165, 1.54) is 14.2 Å². The Kier molecular flexibility index (Phi) is 7.07. The Morgan fingerprint density at radius 1 is 1.00 bits per heavy atom. The molecule has 3 nitrogen and oxygen atoms in total. The van der Waals surface area contributed by atoms with Crippen LogP contribution in [0.3, 0.4) is 0 Å². The van der Waals surface area contributed by atoms with Crippen LogP contribution >= 0.6 is 0 Å². The van der Waals surface area contributed by atoms with E-state index in [9.17, 15) is 13.2 Å². The highest BCUT2D eigenvalue weighted by atomic mass is 28.3. The lowest BCUT2D eigenvalue weighted by Crippen LogP contribution is -2.24. The van der Waals surface area contributed by atoms with Crippen LogP contribution in [0, 0.1) is 17.5 Å². The third-order valence-corrected chi connectivity index (χ3v) is 3.82. The smallest absolute Gasteiger partial charge is 0.379 e. The minimum atomic E-state index is -2.00. The van der Waals surface area contributed by atoms with Crippen LogP contribution in [0.1, 0.15) is 18.4 Å². The normalized spacial score (nSPS) is 11.3. The fourth-order valence-electron chi connectivity index (χ4n) is 1.60. The van der Waals surface area contributed by atoms with E-state index in [2.05, 4.69) is 0 Å². The number of hydrogen-bond donors (Lipinski definition) is 0. The van der Waals surface area contributed by atoms with E-state index < -0.39 is 27.0 Å². The Hall–Kier alpha value is -0.893. The molecule has 0 amide bonds. The number of unbranched alkanes of at least 4 members (excludes halogenated alkanes) is 1. The summed E-state index contributed by atoms with van der Waals surface area (Å²) in [7, 11) is 1.04. The number of halogens is 3. The van der Waals surface area contributed by atoms with Crippen molar-refractivity contribution in [2.24, 2.45) is 0 Å². The topological polar surface area (TPSA) is 27.7 Å². The van der Waals surface area contributed by atoms with Gasteiger partial charge in [-0.15, -0.1) is 0 Å². The predicted octanol–water partition coefficient (Wildman–Crippen LogP) is 2.45. The molecule has 0 aliphatic heterocycles. The molecule has 7 heteroatoms. The maximum Gasteiger partial charge on any atom is 0.483 e. The summed E-state index contributed by atoms with van der Waals surface area (Å²) >= 11 is 0. The molecular weight excluding hydrogens is 277 g/mol. The van der Waals surface area contributed by atoms with E-state index >= 15 is 0 Å². The summed E-state index contributed by atoms with van der Waals surface area (Å²) in [6, 6.07) is 2.03. The van der Waals surface area contributed by atoms with Crippen LogP contribution in [0.2, 0.25) is 0 Å². The molecule has 0 fully saturated rings. The molecule has 0 N–H and O–H groups in total. The zero-order valence-electron chi connectivity index (χ0n) is 10.9. The number of benzene rings is 1. The highest BCUT2D eigenvalue weighted by molar-refractivity contribution is 6.36. The van der Waals surface area contributed by atoms with Gasteiger partial charge in [0.15, 0.2) is 17.5 Å². The van der Waals surface area contributed by atoms with Crippen molar-refractivity contribution in [1.82, 2.24) is 0 Å². The predicted molar refractivity (Wildman–Crippen MR) is 66.4 cm³/mol. The molecule has 0 aliphatic carbocycles. The van der Waals surface area contributed by atoms with Crippen LogP contribution in [0.4, 0.5) is 13.2 Å². The quantitative estimate of drug-likeness (QED) is 0.419. The van der Waals surface area contributed by atoms with Gasteiger partial charge in [0.1, 0.15) is 0 Å². The van der Waals surface area contributed by atoms with Crippen LogP contribution in [0.5, 0.6) is 0 Å². The summed E-state index contributed by atoms with van der Waals surface area (Å²) in [6.45, 7) is 0.463. The van der Waals surface area contributed by atoms with Crippen molar-refractivity contribution in [3.8, 4) is 0 Å². The maximum atomic E-state index is 12.9. The SMILES string of the molecule is CO[SiH](OC)OCCCCc1cc(F)c(F)c(F)c1. The van der Waals surface area contributed by atoms with E-state index in [4.69, 9.17) is 13.3 Å². The lowest BCUT2D eigenvalue weighted by Gasteiger charge is -2.11. The van der Waals surface area contributed by atoms with Crippen molar-refractivity contribution in [3.63, 3.8) is 0 Å². The highest BCUT2D eigenvalue weighted by Gasteiger charge is 2.11. The summed E-state index contributed by atoms with van der Waals surface area (Å²) in [5, 5.41) is 0. The van der Waals surface area contributed by atoms with Crippen LogP contribution in [-0.2, 0) is 19.7 Å². The third kappa shape index (κ3) is 5.31. The minimum absolute atomic E-state index is 0.434. The molecule has 0 heterocycles. The van der Waals surface area contributed by atoms with Crippen molar-refractivity contribution in [1.29, 1.82) is 0 Å². The molecule has 108 valence electrons. The lowest BCUT2D eigenvalue weighted by molar-refractivity contribution is 0.133. The first-order valence-corrected chi connectivity index (χ1v) is 7.30. The standard InChI is InChI=1S/C12H17F3O3Si/c1-16-19(17-2)18-6-4-3-5-9-7-10(13)12(15)11(14)8-9/h7-8,19H,3-6H2,1-2H3. The van der Waals surface area contributed by atoms with Gasteiger partial charge in [-0.1, -0.05) is 0 Å². The van der Waals surface area contributed by atoms with Crippen molar-refractivity contribution >= 4 is 9.53 Å². The second-order valence-electron chi connectivity index (χ2n) is 3.96. The van der Waals surface area contributed by atoms with Crippen LogP contribution < -0.4 is 0 Å². The number of aryl methyl sites for hydroxylation is 1. The maximum absolute atomic E-state index is 12.9. The van der Waals surface area contributed by atoms with Gasteiger partial charge in [0, 0.05) is 20.8 Å². The van der Waals surface area contributed by atoms with Gasteiger partial charge in [0.25, 0.3) is 0 Å². The molecule has 0 unspecified atom stereocenters. The van der Waals surface area contributed by atoms with Gasteiger partial charge in [-0.3, -0.25) is 0 Å². The second kappa shape index (κ2) is 8.31.